The topological polar surface area (TPSA) is 71.8 Å². The Balaban J connectivity index is 1.38. The van der Waals surface area contributed by atoms with E-state index in [0.29, 0.717) is 31.8 Å². The van der Waals surface area contributed by atoms with E-state index in [1.54, 1.807) is 7.11 Å². The van der Waals surface area contributed by atoms with E-state index in [4.69, 9.17) is 4.74 Å². The monoisotopic (exact) mass is 391 g/mol. The maximum absolute atomic E-state index is 12.8. The van der Waals surface area contributed by atoms with E-state index in [9.17, 15) is 13.2 Å². The zero-order valence-corrected chi connectivity index (χ0v) is 16.3. The molecule has 146 valence electrons. The molecule has 2 aromatic rings. The predicted molar refractivity (Wildman–Crippen MR) is 104 cm³/mol. The van der Waals surface area contributed by atoms with Crippen molar-refractivity contribution in [3.63, 3.8) is 0 Å². The Bertz CT molecular complexity index is 945. The number of methoxy groups -OCH3 is 1. The zero-order valence-electron chi connectivity index (χ0n) is 15.5. The zero-order chi connectivity index (χ0) is 19.0. The third kappa shape index (κ3) is 3.68. The fourth-order valence-corrected chi connectivity index (χ4v) is 5.92. The second-order valence-electron chi connectivity index (χ2n) is 7.31. The number of nitrogens with zero attached hydrogens (tertiary/aromatic N) is 3. The highest BCUT2D eigenvalue weighted by Gasteiger charge is 2.34. The first-order valence-corrected chi connectivity index (χ1v) is 11.1. The summed E-state index contributed by atoms with van der Waals surface area (Å²) in [5.74, 6) is 1.45. The second-order valence-corrected chi connectivity index (χ2v) is 9.54. The van der Waals surface area contributed by atoms with Crippen LogP contribution in [0, 0.1) is 0 Å². The SMILES string of the molecule is COc1cccc2c1ccn2CC(=O)N1CCN([C@H]2CCS(=O)(=O)C2)CC1. The number of amides is 1. The van der Waals surface area contributed by atoms with Crippen molar-refractivity contribution in [2.24, 2.45) is 0 Å². The molecule has 2 fully saturated rings. The lowest BCUT2D eigenvalue weighted by atomic mass is 10.2. The molecule has 0 radical (unpaired) electrons. The minimum Gasteiger partial charge on any atom is -0.496 e. The molecule has 0 saturated carbocycles. The third-order valence-electron chi connectivity index (χ3n) is 5.69. The molecule has 1 amide bonds. The van der Waals surface area contributed by atoms with E-state index in [1.807, 2.05) is 39.9 Å². The highest BCUT2D eigenvalue weighted by molar-refractivity contribution is 7.91. The first kappa shape index (κ1) is 18.3. The van der Waals surface area contributed by atoms with Gasteiger partial charge in [-0.15, -0.1) is 0 Å². The molecule has 1 atom stereocenters. The molecule has 1 aromatic heterocycles. The summed E-state index contributed by atoms with van der Waals surface area (Å²) >= 11 is 0. The van der Waals surface area contributed by atoms with E-state index >= 15 is 0 Å². The van der Waals surface area contributed by atoms with Crippen LogP contribution in [0.15, 0.2) is 30.5 Å². The lowest BCUT2D eigenvalue weighted by Gasteiger charge is -2.37. The molecule has 4 rings (SSSR count). The average Bonchev–Trinajstić information content (AvgIpc) is 3.25. The van der Waals surface area contributed by atoms with E-state index in [2.05, 4.69) is 4.90 Å². The molecule has 3 heterocycles. The van der Waals surface area contributed by atoms with E-state index in [0.717, 1.165) is 29.7 Å². The van der Waals surface area contributed by atoms with Crippen LogP contribution >= 0.6 is 0 Å². The summed E-state index contributed by atoms with van der Waals surface area (Å²) in [6.07, 6.45) is 2.64. The van der Waals surface area contributed by atoms with Gasteiger partial charge in [0.05, 0.1) is 24.1 Å². The van der Waals surface area contributed by atoms with Gasteiger partial charge in [0, 0.05) is 43.8 Å². The fraction of sp³-hybridized carbons (Fsp3) is 0.526. The van der Waals surface area contributed by atoms with E-state index in [-0.39, 0.29) is 17.7 Å². The molecule has 0 bridgehead atoms. The summed E-state index contributed by atoms with van der Waals surface area (Å²) in [6.45, 7) is 3.09. The van der Waals surface area contributed by atoms with Crippen LogP contribution in [0.5, 0.6) is 5.75 Å². The van der Waals surface area contributed by atoms with Crippen molar-refractivity contribution in [3.8, 4) is 5.75 Å². The van der Waals surface area contributed by atoms with Crippen molar-refractivity contribution < 1.29 is 17.9 Å². The Labute approximate surface area is 159 Å². The Kier molecular flexibility index (Phi) is 4.86. The van der Waals surface area contributed by atoms with Gasteiger partial charge in [0.1, 0.15) is 12.3 Å². The van der Waals surface area contributed by atoms with Crippen molar-refractivity contribution in [2.45, 2.75) is 19.0 Å². The van der Waals surface area contributed by atoms with Gasteiger partial charge in [0.2, 0.25) is 5.91 Å². The van der Waals surface area contributed by atoms with Crippen LogP contribution in [0.25, 0.3) is 10.9 Å². The fourth-order valence-electron chi connectivity index (χ4n) is 4.16. The first-order valence-electron chi connectivity index (χ1n) is 9.31. The highest BCUT2D eigenvalue weighted by atomic mass is 32.2. The van der Waals surface area contributed by atoms with Crippen LogP contribution in [0.3, 0.4) is 0 Å². The number of ether oxygens (including phenoxy) is 1. The summed E-state index contributed by atoms with van der Waals surface area (Å²) in [5, 5.41) is 1.00. The second kappa shape index (κ2) is 7.16. The molecule has 0 N–H and O–H groups in total. The quantitative estimate of drug-likeness (QED) is 0.777. The Morgan fingerprint density at radius 1 is 1.19 bits per heavy atom. The third-order valence-corrected chi connectivity index (χ3v) is 7.44. The Hall–Kier alpha value is -2.06. The van der Waals surface area contributed by atoms with Gasteiger partial charge in [-0.05, 0) is 24.6 Å². The standard InChI is InChI=1S/C19H25N3O4S/c1-26-18-4-2-3-17-16(18)5-7-22(17)13-19(23)21-10-8-20(9-11-21)15-6-12-27(24,25)14-15/h2-5,7,15H,6,8-14H2,1H3/t15-/m0/s1. The van der Waals surface area contributed by atoms with Gasteiger partial charge < -0.3 is 14.2 Å². The van der Waals surface area contributed by atoms with Crippen LogP contribution < -0.4 is 4.74 Å². The molecule has 2 saturated heterocycles. The van der Waals surface area contributed by atoms with Gasteiger partial charge in [0.15, 0.2) is 9.84 Å². The van der Waals surface area contributed by atoms with Gasteiger partial charge in [-0.1, -0.05) is 6.07 Å². The summed E-state index contributed by atoms with van der Waals surface area (Å²) in [5.41, 5.74) is 0.984. The highest BCUT2D eigenvalue weighted by Crippen LogP contribution is 2.26. The normalized spacial score (nSPS) is 23.0. The molecule has 7 nitrogen and oxygen atoms in total. The van der Waals surface area contributed by atoms with Gasteiger partial charge >= 0.3 is 0 Å². The van der Waals surface area contributed by atoms with Crippen molar-refractivity contribution >= 4 is 26.6 Å². The lowest BCUT2D eigenvalue weighted by Crippen LogP contribution is -2.52. The van der Waals surface area contributed by atoms with Crippen LogP contribution in [0.2, 0.25) is 0 Å². The molecule has 2 aliphatic rings. The number of carbonyl (C=O) groups is 1. The van der Waals surface area contributed by atoms with E-state index < -0.39 is 9.84 Å². The number of fused-ring (bicyclic) bond motifs is 1. The molecular weight excluding hydrogens is 366 g/mol. The molecular formula is C19H25N3O4S. The Morgan fingerprint density at radius 3 is 2.63 bits per heavy atom. The number of sulfone groups is 1. The van der Waals surface area contributed by atoms with Crippen molar-refractivity contribution in [1.29, 1.82) is 0 Å². The molecule has 2 aliphatic heterocycles. The molecule has 0 spiro atoms. The van der Waals surface area contributed by atoms with E-state index in [1.165, 1.54) is 0 Å². The lowest BCUT2D eigenvalue weighted by molar-refractivity contribution is -0.133. The number of hydrogen-bond donors (Lipinski definition) is 0. The predicted octanol–water partition coefficient (Wildman–Crippen LogP) is 0.981. The number of piperazine rings is 1. The molecule has 1 aromatic carbocycles. The average molecular weight is 391 g/mol. The number of hydrogen-bond acceptors (Lipinski definition) is 5. The van der Waals surface area contributed by atoms with Crippen molar-refractivity contribution in [3.05, 3.63) is 30.5 Å². The summed E-state index contributed by atoms with van der Waals surface area (Å²) < 4.78 is 30.7. The minimum absolute atomic E-state index is 0.0917. The van der Waals surface area contributed by atoms with Crippen LogP contribution in [0.1, 0.15) is 6.42 Å². The molecule has 27 heavy (non-hydrogen) atoms. The van der Waals surface area contributed by atoms with Crippen molar-refractivity contribution in [1.82, 2.24) is 14.4 Å². The summed E-state index contributed by atoms with van der Waals surface area (Å²) in [6, 6.07) is 7.92. The molecule has 8 heteroatoms. The largest absolute Gasteiger partial charge is 0.496 e. The van der Waals surface area contributed by atoms with Gasteiger partial charge in [0.25, 0.3) is 0 Å². The van der Waals surface area contributed by atoms with Crippen LogP contribution in [-0.2, 0) is 21.2 Å². The maximum Gasteiger partial charge on any atom is 0.242 e. The van der Waals surface area contributed by atoms with Crippen molar-refractivity contribution in [2.75, 3.05) is 44.8 Å². The number of benzene rings is 1. The Morgan fingerprint density at radius 2 is 1.96 bits per heavy atom. The number of carbonyl (C=O) groups excluding carboxylic acids is 1. The number of aromatic nitrogens is 1. The number of rotatable bonds is 4. The van der Waals surface area contributed by atoms with Gasteiger partial charge in [-0.2, -0.15) is 0 Å². The maximum atomic E-state index is 12.8. The smallest absolute Gasteiger partial charge is 0.242 e. The van der Waals surface area contributed by atoms with Gasteiger partial charge in [-0.25, -0.2) is 8.42 Å². The first-order chi connectivity index (χ1) is 13.0. The summed E-state index contributed by atoms with van der Waals surface area (Å²) in [4.78, 5) is 16.9. The van der Waals surface area contributed by atoms with Gasteiger partial charge in [-0.3, -0.25) is 9.69 Å². The van der Waals surface area contributed by atoms with Crippen LogP contribution in [-0.4, -0.2) is 79.5 Å². The minimum atomic E-state index is -2.87. The molecule has 0 unspecified atom stereocenters. The summed E-state index contributed by atoms with van der Waals surface area (Å²) in [7, 11) is -1.23. The molecule has 0 aliphatic carbocycles. The van der Waals surface area contributed by atoms with Crippen LogP contribution in [0.4, 0.5) is 0 Å².